The zero-order valence-electron chi connectivity index (χ0n) is 7.75. The second-order valence-electron chi connectivity index (χ2n) is 3.68. The van der Waals surface area contributed by atoms with Gasteiger partial charge in [0, 0.05) is 0 Å². The van der Waals surface area contributed by atoms with E-state index in [1.807, 2.05) is 12.1 Å². The van der Waals surface area contributed by atoms with Gasteiger partial charge in [-0.2, -0.15) is 0 Å². The molecule has 0 unspecified atom stereocenters. The third-order valence-electron chi connectivity index (χ3n) is 2.60. The number of halogens is 1. The molecule has 0 aliphatic carbocycles. The molecule has 1 aliphatic rings. The maximum atomic E-state index is 11.0. The second kappa shape index (κ2) is 2.87. The molecule has 1 aliphatic heterocycles. The van der Waals surface area contributed by atoms with Crippen molar-refractivity contribution in [1.29, 1.82) is 0 Å². The number of ether oxygens (including phenoxy) is 1. The van der Waals surface area contributed by atoms with E-state index in [9.17, 15) is 4.79 Å². The molecule has 3 rings (SSSR count). The molecule has 1 aromatic carbocycles. The molecule has 0 atom stereocenters. The Kier molecular flexibility index (Phi) is 1.72. The van der Waals surface area contributed by atoms with Crippen molar-refractivity contribution >= 4 is 22.7 Å². The zero-order valence-corrected chi connectivity index (χ0v) is 8.50. The van der Waals surface area contributed by atoms with E-state index < -0.39 is 10.6 Å². The highest BCUT2D eigenvalue weighted by Gasteiger charge is 2.38. The van der Waals surface area contributed by atoms with E-state index in [0.717, 1.165) is 5.56 Å². The van der Waals surface area contributed by atoms with Gasteiger partial charge in [0.25, 0.3) is 0 Å². The molecule has 4 nitrogen and oxygen atoms in total. The maximum absolute atomic E-state index is 11.0. The van der Waals surface area contributed by atoms with Gasteiger partial charge in [-0.05, 0) is 17.7 Å². The van der Waals surface area contributed by atoms with Crippen molar-refractivity contribution in [2.45, 2.75) is 4.87 Å². The minimum Gasteiger partial charge on any atom is -0.408 e. The summed E-state index contributed by atoms with van der Waals surface area (Å²) >= 11 is 6.29. The summed E-state index contributed by atoms with van der Waals surface area (Å²) in [6, 6.07) is 5.43. The highest BCUT2D eigenvalue weighted by molar-refractivity contribution is 6.24. The molecule has 5 heteroatoms. The molecule has 0 bridgehead atoms. The van der Waals surface area contributed by atoms with Crippen molar-refractivity contribution in [3.63, 3.8) is 0 Å². The highest BCUT2D eigenvalue weighted by Crippen LogP contribution is 2.37. The Bertz CT molecular complexity index is 567. The summed E-state index contributed by atoms with van der Waals surface area (Å²) in [4.78, 5) is 13.1. The van der Waals surface area contributed by atoms with Crippen LogP contribution in [0.3, 0.4) is 0 Å². The molecule has 0 amide bonds. The number of H-pyrrole nitrogens is 1. The van der Waals surface area contributed by atoms with E-state index in [1.54, 1.807) is 6.07 Å². The number of rotatable bonds is 1. The largest absolute Gasteiger partial charge is 0.417 e. The summed E-state index contributed by atoms with van der Waals surface area (Å²) in [5.41, 5.74) is 2.16. The second-order valence-corrected chi connectivity index (χ2v) is 4.41. The Balaban J connectivity index is 2.17. The van der Waals surface area contributed by atoms with Crippen molar-refractivity contribution < 1.29 is 9.15 Å². The van der Waals surface area contributed by atoms with Crippen molar-refractivity contribution in [1.82, 2.24) is 4.98 Å². The molecule has 1 fully saturated rings. The third kappa shape index (κ3) is 1.29. The van der Waals surface area contributed by atoms with Crippen LogP contribution in [-0.4, -0.2) is 18.2 Å². The summed E-state index contributed by atoms with van der Waals surface area (Å²) < 4.78 is 9.98. The van der Waals surface area contributed by atoms with E-state index in [2.05, 4.69) is 4.98 Å². The van der Waals surface area contributed by atoms with Gasteiger partial charge in [-0.3, -0.25) is 4.98 Å². The van der Waals surface area contributed by atoms with Gasteiger partial charge >= 0.3 is 5.76 Å². The fourth-order valence-corrected chi connectivity index (χ4v) is 1.95. The van der Waals surface area contributed by atoms with Crippen molar-refractivity contribution in [3.8, 4) is 0 Å². The summed E-state index contributed by atoms with van der Waals surface area (Å²) in [6.45, 7) is 1.00. The molecule has 78 valence electrons. The highest BCUT2D eigenvalue weighted by atomic mass is 35.5. The van der Waals surface area contributed by atoms with Crippen LogP contribution in [0.25, 0.3) is 11.1 Å². The van der Waals surface area contributed by atoms with Gasteiger partial charge in [0.05, 0.1) is 18.7 Å². The summed E-state index contributed by atoms with van der Waals surface area (Å²) in [5.74, 6) is -0.448. The average Bonchev–Trinajstić information content (AvgIpc) is 2.53. The predicted octanol–water partition coefficient (Wildman–Crippen LogP) is 1.59. The standard InChI is InChI=1S/C10H8ClNO3/c11-10(4-14-5-10)6-1-2-8-7(3-6)12-9(13)15-8/h1-3H,4-5H2,(H,12,13). The first kappa shape index (κ1) is 9.00. The molecule has 0 saturated carbocycles. The molecule has 0 radical (unpaired) electrons. The molecule has 15 heavy (non-hydrogen) atoms. The van der Waals surface area contributed by atoms with Crippen LogP contribution < -0.4 is 5.76 Å². The number of aromatic amines is 1. The average molecular weight is 226 g/mol. The van der Waals surface area contributed by atoms with E-state index >= 15 is 0 Å². The Labute approximate surface area is 89.8 Å². The number of fused-ring (bicyclic) bond motifs is 1. The minimum absolute atomic E-state index is 0.442. The van der Waals surface area contributed by atoms with Crippen LogP contribution in [0.15, 0.2) is 27.4 Å². The lowest BCUT2D eigenvalue weighted by atomic mass is 9.96. The van der Waals surface area contributed by atoms with Crippen LogP contribution >= 0.6 is 11.6 Å². The van der Waals surface area contributed by atoms with E-state index in [4.69, 9.17) is 20.8 Å². The Morgan fingerprint density at radius 1 is 1.40 bits per heavy atom. The first-order valence-corrected chi connectivity index (χ1v) is 4.95. The fraction of sp³-hybridized carbons (Fsp3) is 0.300. The van der Waals surface area contributed by atoms with Crippen molar-refractivity contribution in [3.05, 3.63) is 34.3 Å². The Morgan fingerprint density at radius 3 is 2.87 bits per heavy atom. The fourth-order valence-electron chi connectivity index (χ4n) is 1.68. The number of aromatic nitrogens is 1. The van der Waals surface area contributed by atoms with Crippen molar-refractivity contribution in [2.75, 3.05) is 13.2 Å². The zero-order chi connectivity index (χ0) is 10.5. The lowest BCUT2D eigenvalue weighted by molar-refractivity contribution is -0.0151. The number of benzene rings is 1. The molecular formula is C10H8ClNO3. The molecule has 2 heterocycles. The smallest absolute Gasteiger partial charge is 0.408 e. The summed E-state index contributed by atoms with van der Waals surface area (Å²) in [7, 11) is 0. The molecule has 0 spiro atoms. The summed E-state index contributed by atoms with van der Waals surface area (Å²) in [5, 5.41) is 0. The molecule has 2 aromatic rings. The normalized spacial score (nSPS) is 19.0. The molecule has 1 aromatic heterocycles. The summed E-state index contributed by atoms with van der Waals surface area (Å²) in [6.07, 6.45) is 0. The van der Waals surface area contributed by atoms with Gasteiger partial charge in [-0.25, -0.2) is 4.79 Å². The van der Waals surface area contributed by atoms with Crippen LogP contribution in [0.5, 0.6) is 0 Å². The van der Waals surface area contributed by atoms with E-state index in [0.29, 0.717) is 24.3 Å². The van der Waals surface area contributed by atoms with Crippen LogP contribution in [0.1, 0.15) is 5.56 Å². The molecule has 1 saturated heterocycles. The Morgan fingerprint density at radius 2 is 2.20 bits per heavy atom. The van der Waals surface area contributed by atoms with Gasteiger partial charge in [0.15, 0.2) is 5.58 Å². The molecule has 1 N–H and O–H groups in total. The number of oxazole rings is 1. The van der Waals surface area contributed by atoms with Crippen LogP contribution in [0, 0.1) is 0 Å². The van der Waals surface area contributed by atoms with Gasteiger partial charge < -0.3 is 9.15 Å². The first-order valence-electron chi connectivity index (χ1n) is 4.57. The molecular weight excluding hydrogens is 218 g/mol. The monoisotopic (exact) mass is 225 g/mol. The first-order chi connectivity index (χ1) is 7.17. The maximum Gasteiger partial charge on any atom is 0.417 e. The topological polar surface area (TPSA) is 55.2 Å². The number of alkyl halides is 1. The SMILES string of the molecule is O=c1[nH]c2cc(C3(Cl)COC3)ccc2o1. The van der Waals surface area contributed by atoms with Crippen LogP contribution in [0.4, 0.5) is 0 Å². The van der Waals surface area contributed by atoms with E-state index in [-0.39, 0.29) is 0 Å². The predicted molar refractivity (Wildman–Crippen MR) is 55.2 cm³/mol. The lowest BCUT2D eigenvalue weighted by Gasteiger charge is -2.35. The van der Waals surface area contributed by atoms with Crippen LogP contribution in [-0.2, 0) is 9.61 Å². The minimum atomic E-state index is -0.448. The Hall–Kier alpha value is -1.26. The van der Waals surface area contributed by atoms with E-state index in [1.165, 1.54) is 0 Å². The number of hydrogen-bond donors (Lipinski definition) is 1. The third-order valence-corrected chi connectivity index (χ3v) is 3.03. The van der Waals surface area contributed by atoms with Gasteiger partial charge in [0.1, 0.15) is 4.87 Å². The van der Waals surface area contributed by atoms with Gasteiger partial charge in [-0.15, -0.1) is 11.6 Å². The number of hydrogen-bond acceptors (Lipinski definition) is 3. The van der Waals surface area contributed by atoms with Gasteiger partial charge in [0.2, 0.25) is 0 Å². The number of nitrogens with one attached hydrogen (secondary N) is 1. The lowest BCUT2D eigenvalue weighted by Crippen LogP contribution is -2.41. The van der Waals surface area contributed by atoms with Gasteiger partial charge in [-0.1, -0.05) is 6.07 Å². The van der Waals surface area contributed by atoms with Crippen LogP contribution in [0.2, 0.25) is 0 Å². The van der Waals surface area contributed by atoms with Crippen molar-refractivity contribution in [2.24, 2.45) is 0 Å². The quantitative estimate of drug-likeness (QED) is 0.750.